The van der Waals surface area contributed by atoms with Crippen LogP contribution in [0.25, 0.3) is 0 Å². The van der Waals surface area contributed by atoms with E-state index in [0.29, 0.717) is 0 Å². The molecule has 1 nitrogen and oxygen atoms in total. The lowest BCUT2D eigenvalue weighted by atomic mass is 10.2. The van der Waals surface area contributed by atoms with Gasteiger partial charge in [-0.2, -0.15) is 0 Å². The van der Waals surface area contributed by atoms with Gasteiger partial charge in [-0.25, -0.2) is 0 Å². The molecule has 0 aliphatic heterocycles. The van der Waals surface area contributed by atoms with Gasteiger partial charge in [-0.05, 0) is 50.2 Å². The molecule has 0 atom stereocenters. The summed E-state index contributed by atoms with van der Waals surface area (Å²) in [4.78, 5) is 1.42. The van der Waals surface area contributed by atoms with Crippen molar-refractivity contribution in [2.45, 2.75) is 31.6 Å². The van der Waals surface area contributed by atoms with Crippen molar-refractivity contribution >= 4 is 11.8 Å². The first-order valence-corrected chi connectivity index (χ1v) is 6.72. The van der Waals surface area contributed by atoms with Crippen molar-refractivity contribution in [3.8, 4) is 0 Å². The highest BCUT2D eigenvalue weighted by molar-refractivity contribution is 7.99. The third-order valence-electron chi connectivity index (χ3n) is 2.28. The van der Waals surface area contributed by atoms with Crippen LogP contribution in [0.2, 0.25) is 0 Å². The van der Waals surface area contributed by atoms with Crippen molar-refractivity contribution in [2.75, 3.05) is 18.8 Å². The van der Waals surface area contributed by atoms with Crippen LogP contribution in [0, 0.1) is 6.92 Å². The molecule has 0 aromatic heterocycles. The number of hydrogen-bond donors (Lipinski definition) is 1. The topological polar surface area (TPSA) is 12.0 Å². The predicted octanol–water partition coefficient (Wildman–Crippen LogP) is 3.48. The monoisotopic (exact) mass is 223 g/mol. The minimum Gasteiger partial charge on any atom is -0.317 e. The lowest BCUT2D eigenvalue weighted by molar-refractivity contribution is 0.664. The zero-order chi connectivity index (χ0) is 10.9. The van der Waals surface area contributed by atoms with E-state index >= 15 is 0 Å². The summed E-state index contributed by atoms with van der Waals surface area (Å²) < 4.78 is 0. The van der Waals surface area contributed by atoms with Gasteiger partial charge in [0.15, 0.2) is 0 Å². The highest BCUT2D eigenvalue weighted by atomic mass is 32.2. The maximum absolute atomic E-state index is 3.42. The number of aryl methyl sites for hydroxylation is 1. The summed E-state index contributed by atoms with van der Waals surface area (Å²) in [5.74, 6) is 1.21. The Morgan fingerprint density at radius 2 is 2.00 bits per heavy atom. The molecule has 0 heterocycles. The van der Waals surface area contributed by atoms with Crippen molar-refractivity contribution in [2.24, 2.45) is 0 Å². The second-order valence-corrected chi connectivity index (χ2v) is 4.85. The summed E-state index contributed by atoms with van der Waals surface area (Å²) in [6.07, 6.45) is 2.48. The summed E-state index contributed by atoms with van der Waals surface area (Å²) in [5.41, 5.74) is 1.39. The largest absolute Gasteiger partial charge is 0.317 e. The van der Waals surface area contributed by atoms with Gasteiger partial charge in [0.2, 0.25) is 0 Å². The second-order valence-electron chi connectivity index (χ2n) is 3.72. The maximum atomic E-state index is 3.42. The van der Waals surface area contributed by atoms with Crippen LogP contribution in [0.1, 0.15) is 25.3 Å². The third kappa shape index (κ3) is 5.24. The Morgan fingerprint density at radius 1 is 1.20 bits per heavy atom. The van der Waals surface area contributed by atoms with Gasteiger partial charge in [0.05, 0.1) is 0 Å². The van der Waals surface area contributed by atoms with Gasteiger partial charge in [0, 0.05) is 4.90 Å². The Morgan fingerprint density at radius 3 is 2.73 bits per heavy atom. The van der Waals surface area contributed by atoms with Crippen LogP contribution in [0.4, 0.5) is 0 Å². The molecule has 0 saturated heterocycles. The first-order chi connectivity index (χ1) is 7.34. The quantitative estimate of drug-likeness (QED) is 0.561. The maximum Gasteiger partial charge on any atom is 0.0101 e. The van der Waals surface area contributed by atoms with Gasteiger partial charge in [-0.15, -0.1) is 11.8 Å². The van der Waals surface area contributed by atoms with E-state index in [2.05, 4.69) is 43.4 Å². The van der Waals surface area contributed by atoms with Gasteiger partial charge in [-0.1, -0.05) is 25.1 Å². The molecule has 0 fully saturated rings. The average Bonchev–Trinajstić information content (AvgIpc) is 2.25. The van der Waals surface area contributed by atoms with E-state index in [0.717, 1.165) is 13.1 Å². The van der Waals surface area contributed by atoms with E-state index in [1.165, 1.54) is 29.1 Å². The molecule has 0 aliphatic rings. The SMILES string of the molecule is CCCNCCCSc1ccccc1C. The normalized spacial score (nSPS) is 10.5. The molecule has 0 spiro atoms. The molecule has 1 aromatic carbocycles. The molecule has 0 bridgehead atoms. The van der Waals surface area contributed by atoms with E-state index < -0.39 is 0 Å². The predicted molar refractivity (Wildman–Crippen MR) is 69.7 cm³/mol. The molecule has 84 valence electrons. The molecule has 0 unspecified atom stereocenters. The van der Waals surface area contributed by atoms with Crippen LogP contribution in [0.15, 0.2) is 29.2 Å². The Kier molecular flexibility index (Phi) is 6.53. The summed E-state index contributed by atoms with van der Waals surface area (Å²) in [7, 11) is 0. The van der Waals surface area contributed by atoms with Crippen molar-refractivity contribution in [3.05, 3.63) is 29.8 Å². The molecular weight excluding hydrogens is 202 g/mol. The third-order valence-corrected chi connectivity index (χ3v) is 3.54. The summed E-state index contributed by atoms with van der Waals surface area (Å²) >= 11 is 1.97. The van der Waals surface area contributed by atoms with E-state index in [1.807, 2.05) is 11.8 Å². The lowest BCUT2D eigenvalue weighted by Gasteiger charge is -2.05. The van der Waals surface area contributed by atoms with Gasteiger partial charge in [0.25, 0.3) is 0 Å². The number of rotatable bonds is 7. The summed E-state index contributed by atoms with van der Waals surface area (Å²) in [5, 5.41) is 3.42. The lowest BCUT2D eigenvalue weighted by Crippen LogP contribution is -2.16. The summed E-state index contributed by atoms with van der Waals surface area (Å²) in [6, 6.07) is 8.60. The molecular formula is C13H21NS. The molecule has 1 aromatic rings. The molecule has 0 radical (unpaired) electrons. The van der Waals surface area contributed by atoms with Crippen molar-refractivity contribution < 1.29 is 0 Å². The molecule has 0 saturated carbocycles. The highest BCUT2D eigenvalue weighted by Gasteiger charge is 1.96. The Bertz CT molecular complexity index is 273. The average molecular weight is 223 g/mol. The van der Waals surface area contributed by atoms with E-state index in [1.54, 1.807) is 0 Å². The number of nitrogens with one attached hydrogen (secondary N) is 1. The Hall–Kier alpha value is -0.470. The molecule has 0 amide bonds. The Balaban J connectivity index is 2.12. The first kappa shape index (κ1) is 12.6. The van der Waals surface area contributed by atoms with Gasteiger partial charge < -0.3 is 5.32 Å². The fourth-order valence-electron chi connectivity index (χ4n) is 1.40. The highest BCUT2D eigenvalue weighted by Crippen LogP contribution is 2.21. The first-order valence-electron chi connectivity index (χ1n) is 5.73. The summed E-state index contributed by atoms with van der Waals surface area (Å²) in [6.45, 7) is 6.68. The fourth-order valence-corrected chi connectivity index (χ4v) is 2.38. The Labute approximate surface area is 97.7 Å². The molecule has 2 heteroatoms. The number of benzene rings is 1. The molecule has 1 rings (SSSR count). The van der Waals surface area contributed by atoms with Gasteiger partial charge in [0.1, 0.15) is 0 Å². The molecule has 0 aliphatic carbocycles. The van der Waals surface area contributed by atoms with Crippen molar-refractivity contribution in [1.82, 2.24) is 5.32 Å². The van der Waals surface area contributed by atoms with Crippen LogP contribution >= 0.6 is 11.8 Å². The zero-order valence-electron chi connectivity index (χ0n) is 9.75. The van der Waals surface area contributed by atoms with Gasteiger partial charge in [-0.3, -0.25) is 0 Å². The fraction of sp³-hybridized carbons (Fsp3) is 0.538. The molecule has 15 heavy (non-hydrogen) atoms. The van der Waals surface area contributed by atoms with E-state index in [9.17, 15) is 0 Å². The minimum atomic E-state index is 1.15. The van der Waals surface area contributed by atoms with Crippen LogP contribution in [-0.2, 0) is 0 Å². The van der Waals surface area contributed by atoms with E-state index in [4.69, 9.17) is 0 Å². The minimum absolute atomic E-state index is 1.15. The van der Waals surface area contributed by atoms with Crippen LogP contribution in [0.5, 0.6) is 0 Å². The second kappa shape index (κ2) is 7.77. The van der Waals surface area contributed by atoms with E-state index in [-0.39, 0.29) is 0 Å². The van der Waals surface area contributed by atoms with Crippen LogP contribution < -0.4 is 5.32 Å². The standard InChI is InChI=1S/C13H21NS/c1-3-9-14-10-6-11-15-13-8-5-4-7-12(13)2/h4-5,7-8,14H,3,6,9-11H2,1-2H3. The van der Waals surface area contributed by atoms with Crippen LogP contribution in [0.3, 0.4) is 0 Å². The zero-order valence-corrected chi connectivity index (χ0v) is 10.6. The number of hydrogen-bond acceptors (Lipinski definition) is 2. The van der Waals surface area contributed by atoms with Gasteiger partial charge >= 0.3 is 0 Å². The van der Waals surface area contributed by atoms with Crippen LogP contribution in [-0.4, -0.2) is 18.8 Å². The van der Waals surface area contributed by atoms with Crippen molar-refractivity contribution in [3.63, 3.8) is 0 Å². The number of thioether (sulfide) groups is 1. The molecule has 1 N–H and O–H groups in total. The van der Waals surface area contributed by atoms with Crippen molar-refractivity contribution in [1.29, 1.82) is 0 Å². The smallest absolute Gasteiger partial charge is 0.0101 e.